The Labute approximate surface area is 223 Å². The van der Waals surface area contributed by atoms with E-state index in [1.807, 2.05) is 0 Å². The fraction of sp³-hybridized carbons (Fsp3) is 1.00. The zero-order chi connectivity index (χ0) is 19.0. The number of rotatable bonds is 4. The molecular weight excluding hydrogens is 868 g/mol. The van der Waals surface area contributed by atoms with Crippen molar-refractivity contribution < 1.29 is 9.47 Å². The number of hydrogen-bond acceptors (Lipinski definition) is 10. The number of halogens is 4. The third kappa shape index (κ3) is 14.2. The lowest BCUT2D eigenvalue weighted by molar-refractivity contribution is 0.105. The molecule has 26 heavy (non-hydrogen) atoms. The second-order valence-corrected chi connectivity index (χ2v) is 12.6. The Hall–Kier alpha value is 4.08. The van der Waals surface area contributed by atoms with Crippen LogP contribution in [-0.4, -0.2) is 96.0 Å². The summed E-state index contributed by atoms with van der Waals surface area (Å²) < 4.78 is 21.2. The monoisotopic (exact) mass is 892 g/mol. The molecule has 1 aliphatic heterocycles. The van der Waals surface area contributed by atoms with Crippen molar-refractivity contribution in [2.75, 3.05) is 78.8 Å². The summed E-state index contributed by atoms with van der Waals surface area (Å²) in [7, 11) is 7.08. The molecule has 0 unspecified atom stereocenters. The van der Waals surface area contributed by atoms with Crippen molar-refractivity contribution in [3.8, 4) is 0 Å². The molecule has 0 N–H and O–H groups in total. The lowest BCUT2D eigenvalue weighted by atomic mass is 10.5. The minimum atomic E-state index is 0.784. The summed E-state index contributed by atoms with van der Waals surface area (Å²) in [4.78, 5) is 0. The van der Waals surface area contributed by atoms with E-state index in [-0.39, 0.29) is 0 Å². The van der Waals surface area contributed by atoms with Crippen molar-refractivity contribution in [2.45, 2.75) is 0 Å². The maximum atomic E-state index is 5.87. The van der Waals surface area contributed by atoms with E-state index in [2.05, 4.69) is 102 Å². The first-order valence-corrected chi connectivity index (χ1v) is 21.3. The molecule has 0 bridgehead atoms. The molecule has 6 nitrogen and oxygen atoms in total. The molecule has 1 rings (SSSR count). The third-order valence-electron chi connectivity index (χ3n) is 3.53. The predicted octanol–water partition coefficient (Wildman–Crippen LogP) is 5.23. The fourth-order valence-corrected chi connectivity index (χ4v) is 7.94. The minimum Gasteiger partial charge on any atom is -0.379 e. The van der Waals surface area contributed by atoms with Gasteiger partial charge in [-0.1, -0.05) is 0 Å². The summed E-state index contributed by atoms with van der Waals surface area (Å²) in [5.41, 5.74) is 0. The molecule has 0 spiro atoms. The minimum absolute atomic E-state index is 0.784. The third-order valence-corrected chi connectivity index (χ3v) is 12.5. The molecule has 0 amide bonds. The average molecular weight is 892 g/mol. The first-order valence-electron chi connectivity index (χ1n) is 8.03. The molecule has 0 aromatic carbocycles. The van der Waals surface area contributed by atoms with Crippen LogP contribution in [0.1, 0.15) is 0 Å². The molecule has 0 radical (unpaired) electrons. The molecule has 0 aromatic heterocycles. The normalized spacial score (nSPS) is 23.5. The summed E-state index contributed by atoms with van der Waals surface area (Å²) in [5, 5.41) is 0. The van der Waals surface area contributed by atoms with Gasteiger partial charge in [0.1, 0.15) is 0 Å². The summed E-state index contributed by atoms with van der Waals surface area (Å²) in [5.74, 6) is 0. The van der Waals surface area contributed by atoms with Gasteiger partial charge in [0.2, 0.25) is 0 Å². The summed E-state index contributed by atoms with van der Waals surface area (Å²) in [6.45, 7) is 11.1. The van der Waals surface area contributed by atoms with Gasteiger partial charge in [-0.3, -0.25) is 0 Å². The summed E-state index contributed by atoms with van der Waals surface area (Å²) in [6.07, 6.45) is 0. The molecule has 1 heterocycles. The van der Waals surface area contributed by atoms with Crippen LogP contribution in [0.3, 0.4) is 0 Å². The lowest BCUT2D eigenvalue weighted by Gasteiger charge is -2.25. The summed E-state index contributed by atoms with van der Waals surface area (Å²) >= 11 is 9.44. The molecule has 0 saturated carbocycles. The fourth-order valence-electron chi connectivity index (χ4n) is 2.04. The van der Waals surface area contributed by atoms with Crippen LogP contribution in [0.4, 0.5) is 0 Å². The van der Waals surface area contributed by atoms with E-state index in [1.165, 1.54) is 0 Å². The van der Waals surface area contributed by atoms with Gasteiger partial charge >= 0.3 is 0 Å². The number of ether oxygens (including phenoxy) is 2. The zero-order valence-electron chi connectivity index (χ0n) is 14.2. The number of nitrogens with zero attached hydrogens (tertiary/aromatic N) is 4. The quantitative estimate of drug-likeness (QED) is 0.277. The van der Waals surface area contributed by atoms with Crippen LogP contribution in [0.5, 0.6) is 0 Å². The highest BCUT2D eigenvalue weighted by molar-refractivity contribution is 14.2. The van der Waals surface area contributed by atoms with Crippen LogP contribution < -0.4 is 0 Å². The highest BCUT2D eigenvalue weighted by Crippen LogP contribution is 2.23. The van der Waals surface area contributed by atoms with Gasteiger partial charge in [-0.15, -0.1) is 0 Å². The van der Waals surface area contributed by atoms with E-state index < -0.39 is 0 Å². The Morgan fingerprint density at radius 3 is 0.846 bits per heavy atom. The molecule has 156 valence electrons. The lowest BCUT2D eigenvalue weighted by Crippen LogP contribution is -2.33. The van der Waals surface area contributed by atoms with Gasteiger partial charge in [-0.2, -0.15) is 0 Å². The van der Waals surface area contributed by atoms with Gasteiger partial charge < -0.3 is 9.47 Å². The van der Waals surface area contributed by atoms with Gasteiger partial charge in [-0.25, -0.2) is 17.2 Å². The van der Waals surface area contributed by atoms with Gasteiger partial charge in [0.15, 0.2) is 0 Å². The van der Waals surface area contributed by atoms with Crippen LogP contribution in [-0.2, 0) is 9.47 Å². The van der Waals surface area contributed by atoms with Crippen molar-refractivity contribution in [1.29, 1.82) is 0 Å². The van der Waals surface area contributed by atoms with Crippen LogP contribution in [0.15, 0.2) is 0 Å². The van der Waals surface area contributed by atoms with Crippen LogP contribution in [0, 0.1) is 0 Å². The Morgan fingerprint density at radius 1 is 0.423 bits per heavy atom. The Balaban J connectivity index is 2.51. The van der Waals surface area contributed by atoms with E-state index in [4.69, 9.17) is 9.47 Å². The molecular formula is C12H24I4N4O2S4. The van der Waals surface area contributed by atoms with E-state index in [1.54, 1.807) is 36.5 Å². The average Bonchev–Trinajstić information content (AvgIpc) is 2.67. The van der Waals surface area contributed by atoms with Gasteiger partial charge in [0.05, 0.1) is 26.4 Å². The van der Waals surface area contributed by atoms with Gasteiger partial charge in [-0.05, 0) is 36.5 Å². The second kappa shape index (κ2) is 19.7. The van der Waals surface area contributed by atoms with Gasteiger partial charge in [0, 0.05) is 137 Å². The van der Waals surface area contributed by atoms with Crippen LogP contribution in [0.25, 0.3) is 0 Å². The van der Waals surface area contributed by atoms with E-state index in [0.29, 0.717) is 0 Å². The smallest absolute Gasteiger partial charge is 0.0603 e. The molecule has 0 aromatic rings. The van der Waals surface area contributed by atoms with E-state index in [9.17, 15) is 0 Å². The Bertz CT molecular complexity index is 290. The SMILES string of the molecule is ISN1CCOCCN(SI)CCN(SI)CCOCCN(SI)CC1. The predicted molar refractivity (Wildman–Crippen MR) is 154 cm³/mol. The van der Waals surface area contributed by atoms with Crippen molar-refractivity contribution in [2.24, 2.45) is 0 Å². The van der Waals surface area contributed by atoms with Crippen molar-refractivity contribution in [3.63, 3.8) is 0 Å². The first kappa shape index (κ1) is 28.1. The maximum absolute atomic E-state index is 5.87. The maximum Gasteiger partial charge on any atom is 0.0603 e. The van der Waals surface area contributed by atoms with Crippen molar-refractivity contribution in [1.82, 2.24) is 17.2 Å². The van der Waals surface area contributed by atoms with Crippen molar-refractivity contribution >= 4 is 121 Å². The van der Waals surface area contributed by atoms with Crippen LogP contribution in [0.2, 0.25) is 0 Å². The van der Waals surface area contributed by atoms with E-state index in [0.717, 1.165) is 78.8 Å². The molecule has 1 fully saturated rings. The zero-order valence-corrected chi connectivity index (χ0v) is 26.1. The van der Waals surface area contributed by atoms with Crippen LogP contribution >= 0.6 is 121 Å². The molecule has 1 saturated heterocycles. The highest BCUT2D eigenvalue weighted by Gasteiger charge is 2.12. The first-order chi connectivity index (χ1) is 12.7. The molecule has 0 atom stereocenters. The standard InChI is InChI=1S/C12H24I4N4O2S4/c13-23-17-1-2-18(24-14)6-10-22-12-8-20(26-16)4-3-19(25-15)7-11-21-9-5-17/h1-12H2. The topological polar surface area (TPSA) is 31.4 Å². The number of hydrogen-bond donors (Lipinski definition) is 0. The Morgan fingerprint density at radius 2 is 0.654 bits per heavy atom. The molecule has 14 heteroatoms. The second-order valence-electron chi connectivity index (χ2n) is 5.22. The molecule has 0 aliphatic carbocycles. The van der Waals surface area contributed by atoms with Gasteiger partial charge in [0.25, 0.3) is 0 Å². The van der Waals surface area contributed by atoms with Crippen molar-refractivity contribution in [3.05, 3.63) is 0 Å². The Kier molecular flexibility index (Phi) is 21.3. The van der Waals surface area contributed by atoms with E-state index >= 15 is 0 Å². The highest BCUT2D eigenvalue weighted by atomic mass is 127. The largest absolute Gasteiger partial charge is 0.379 e. The molecule has 1 aliphatic rings. The summed E-state index contributed by atoms with van der Waals surface area (Å²) in [6, 6.07) is 0.